The highest BCUT2D eigenvalue weighted by atomic mass is 16.7. The molecule has 0 radical (unpaired) electrons. The van der Waals surface area contributed by atoms with Gasteiger partial charge < -0.3 is 14.2 Å². The number of carbonyl (C=O) groups is 2. The van der Waals surface area contributed by atoms with Crippen LogP contribution >= 0.6 is 0 Å². The first-order chi connectivity index (χ1) is 10.1. The third-order valence-electron chi connectivity index (χ3n) is 3.10. The molecule has 0 bridgehead atoms. The third-order valence-corrected chi connectivity index (χ3v) is 3.10. The average molecular weight is 290 g/mol. The maximum absolute atomic E-state index is 12.1. The fourth-order valence-corrected chi connectivity index (χ4v) is 2.08. The van der Waals surface area contributed by atoms with Gasteiger partial charge in [-0.05, 0) is 25.5 Å². The minimum atomic E-state index is -1.23. The van der Waals surface area contributed by atoms with Crippen LogP contribution in [0.2, 0.25) is 0 Å². The molecule has 1 heterocycles. The van der Waals surface area contributed by atoms with Gasteiger partial charge in [0.1, 0.15) is 6.10 Å². The SMILES string of the molecule is CCOC(=O)/C=C/[C@@]1(C(=O)OCC)O[C@@H]1c1ccccc1. The molecule has 0 spiro atoms. The van der Waals surface area contributed by atoms with Gasteiger partial charge in [-0.2, -0.15) is 0 Å². The van der Waals surface area contributed by atoms with E-state index in [1.54, 1.807) is 13.8 Å². The van der Waals surface area contributed by atoms with E-state index in [0.29, 0.717) is 0 Å². The van der Waals surface area contributed by atoms with Crippen molar-refractivity contribution in [1.82, 2.24) is 0 Å². The van der Waals surface area contributed by atoms with Gasteiger partial charge in [0.25, 0.3) is 0 Å². The van der Waals surface area contributed by atoms with E-state index >= 15 is 0 Å². The van der Waals surface area contributed by atoms with Crippen LogP contribution in [-0.4, -0.2) is 30.8 Å². The Morgan fingerprint density at radius 2 is 1.86 bits per heavy atom. The van der Waals surface area contributed by atoms with Crippen LogP contribution in [0.1, 0.15) is 25.5 Å². The lowest BCUT2D eigenvalue weighted by atomic mass is 9.99. The Morgan fingerprint density at radius 3 is 2.48 bits per heavy atom. The highest BCUT2D eigenvalue weighted by molar-refractivity contribution is 5.90. The standard InChI is InChI=1S/C16H18O5/c1-3-19-13(17)10-11-16(15(18)20-4-2)14(21-16)12-8-6-5-7-9-12/h5-11,14H,3-4H2,1-2H3/b11-10+/t14-,16-/m1/s1. The van der Waals surface area contributed by atoms with Gasteiger partial charge in [-0.3, -0.25) is 0 Å². The molecule has 0 aromatic heterocycles. The van der Waals surface area contributed by atoms with Gasteiger partial charge in [-0.25, -0.2) is 9.59 Å². The average Bonchev–Trinajstić information content (AvgIpc) is 3.23. The summed E-state index contributed by atoms with van der Waals surface area (Å²) >= 11 is 0. The molecular formula is C16H18O5. The first-order valence-corrected chi connectivity index (χ1v) is 6.90. The smallest absolute Gasteiger partial charge is 0.345 e. The molecule has 2 atom stereocenters. The van der Waals surface area contributed by atoms with E-state index in [1.807, 2.05) is 30.3 Å². The van der Waals surface area contributed by atoms with Crippen LogP contribution in [0.5, 0.6) is 0 Å². The van der Waals surface area contributed by atoms with Crippen LogP contribution in [0.15, 0.2) is 42.5 Å². The number of hydrogen-bond donors (Lipinski definition) is 0. The molecule has 0 N–H and O–H groups in total. The molecule has 1 aromatic rings. The topological polar surface area (TPSA) is 65.1 Å². The number of esters is 2. The van der Waals surface area contributed by atoms with Crippen LogP contribution in [0.3, 0.4) is 0 Å². The predicted octanol–water partition coefficient (Wildman–Crippen LogP) is 2.18. The van der Waals surface area contributed by atoms with E-state index in [1.165, 1.54) is 12.2 Å². The van der Waals surface area contributed by atoms with Crippen molar-refractivity contribution in [3.8, 4) is 0 Å². The first-order valence-electron chi connectivity index (χ1n) is 6.90. The second-order valence-electron chi connectivity index (χ2n) is 4.51. The lowest BCUT2D eigenvalue weighted by Gasteiger charge is -2.07. The van der Waals surface area contributed by atoms with Gasteiger partial charge in [-0.15, -0.1) is 0 Å². The Morgan fingerprint density at radius 1 is 1.19 bits per heavy atom. The molecule has 1 saturated heterocycles. The number of carbonyl (C=O) groups excluding carboxylic acids is 2. The zero-order valence-electron chi connectivity index (χ0n) is 12.1. The van der Waals surface area contributed by atoms with E-state index in [9.17, 15) is 9.59 Å². The monoisotopic (exact) mass is 290 g/mol. The molecule has 5 heteroatoms. The van der Waals surface area contributed by atoms with Gasteiger partial charge in [0, 0.05) is 6.08 Å². The number of hydrogen-bond acceptors (Lipinski definition) is 5. The van der Waals surface area contributed by atoms with Crippen LogP contribution in [0.4, 0.5) is 0 Å². The third kappa shape index (κ3) is 3.31. The summed E-state index contributed by atoms with van der Waals surface area (Å²) in [4.78, 5) is 23.6. The molecule has 0 saturated carbocycles. The second-order valence-corrected chi connectivity index (χ2v) is 4.51. The van der Waals surface area contributed by atoms with Crippen molar-refractivity contribution < 1.29 is 23.8 Å². The van der Waals surface area contributed by atoms with Crippen LogP contribution in [0, 0.1) is 0 Å². The maximum atomic E-state index is 12.1. The molecule has 21 heavy (non-hydrogen) atoms. The van der Waals surface area contributed by atoms with Crippen molar-refractivity contribution in [1.29, 1.82) is 0 Å². The van der Waals surface area contributed by atoms with Gasteiger partial charge >= 0.3 is 11.9 Å². The zero-order chi connectivity index (χ0) is 15.3. The highest BCUT2D eigenvalue weighted by Crippen LogP contribution is 2.51. The molecule has 112 valence electrons. The molecule has 2 rings (SSSR count). The molecule has 1 aromatic carbocycles. The Kier molecular flexibility index (Phi) is 4.75. The number of benzene rings is 1. The summed E-state index contributed by atoms with van der Waals surface area (Å²) in [6.07, 6.45) is 2.19. The second kappa shape index (κ2) is 6.54. The van der Waals surface area contributed by atoms with Crippen LogP contribution in [0.25, 0.3) is 0 Å². The Balaban J connectivity index is 2.19. The van der Waals surface area contributed by atoms with Crippen molar-refractivity contribution in [2.45, 2.75) is 25.6 Å². The van der Waals surface area contributed by atoms with Crippen molar-refractivity contribution in [2.24, 2.45) is 0 Å². The number of rotatable bonds is 6. The number of ether oxygens (including phenoxy) is 3. The summed E-state index contributed by atoms with van der Waals surface area (Å²) in [6, 6.07) is 9.34. The van der Waals surface area contributed by atoms with Gasteiger partial charge in [0.05, 0.1) is 13.2 Å². The Bertz CT molecular complexity index is 537. The van der Waals surface area contributed by atoms with Gasteiger partial charge in [0.15, 0.2) is 0 Å². The van der Waals surface area contributed by atoms with E-state index in [0.717, 1.165) is 5.56 Å². The summed E-state index contributed by atoms with van der Waals surface area (Å²) in [5, 5.41) is 0. The van der Waals surface area contributed by atoms with Crippen molar-refractivity contribution in [3.05, 3.63) is 48.0 Å². The molecule has 1 fully saturated rings. The van der Waals surface area contributed by atoms with E-state index in [2.05, 4.69) is 0 Å². The fraction of sp³-hybridized carbons (Fsp3) is 0.375. The fourth-order valence-electron chi connectivity index (χ4n) is 2.08. The van der Waals surface area contributed by atoms with Crippen molar-refractivity contribution >= 4 is 11.9 Å². The maximum Gasteiger partial charge on any atom is 0.345 e. The molecule has 5 nitrogen and oxygen atoms in total. The first kappa shape index (κ1) is 15.3. The largest absolute Gasteiger partial charge is 0.464 e. The predicted molar refractivity (Wildman–Crippen MR) is 75.4 cm³/mol. The van der Waals surface area contributed by atoms with Crippen LogP contribution in [-0.2, 0) is 23.8 Å². The lowest BCUT2D eigenvalue weighted by Crippen LogP contribution is -2.26. The van der Waals surface area contributed by atoms with E-state index in [4.69, 9.17) is 14.2 Å². The summed E-state index contributed by atoms with van der Waals surface area (Å²) in [5.41, 5.74) is -0.372. The molecular weight excluding hydrogens is 272 g/mol. The minimum Gasteiger partial charge on any atom is -0.464 e. The summed E-state index contributed by atoms with van der Waals surface area (Å²) < 4.78 is 15.4. The molecule has 1 aliphatic heterocycles. The minimum absolute atomic E-state index is 0.249. The van der Waals surface area contributed by atoms with Gasteiger partial charge in [-0.1, -0.05) is 30.3 Å². The lowest BCUT2D eigenvalue weighted by molar-refractivity contribution is -0.147. The van der Waals surface area contributed by atoms with E-state index in [-0.39, 0.29) is 13.2 Å². The molecule has 0 amide bonds. The van der Waals surface area contributed by atoms with Crippen LogP contribution < -0.4 is 0 Å². The molecule has 0 unspecified atom stereocenters. The Hall–Kier alpha value is -2.14. The highest BCUT2D eigenvalue weighted by Gasteiger charge is 2.63. The summed E-state index contributed by atoms with van der Waals surface area (Å²) in [5.74, 6) is -1.01. The summed E-state index contributed by atoms with van der Waals surface area (Å²) in [6.45, 7) is 3.96. The Labute approximate surface area is 123 Å². The molecule has 0 aliphatic carbocycles. The van der Waals surface area contributed by atoms with Gasteiger partial charge in [0.2, 0.25) is 5.60 Å². The number of epoxide rings is 1. The normalized spacial score (nSPS) is 23.8. The van der Waals surface area contributed by atoms with E-state index < -0.39 is 23.6 Å². The molecule has 1 aliphatic rings. The van der Waals surface area contributed by atoms with Crippen molar-refractivity contribution in [3.63, 3.8) is 0 Å². The quantitative estimate of drug-likeness (QED) is 0.456. The van der Waals surface area contributed by atoms with Crippen molar-refractivity contribution in [2.75, 3.05) is 13.2 Å². The zero-order valence-corrected chi connectivity index (χ0v) is 12.1. The summed E-state index contributed by atoms with van der Waals surface area (Å²) in [7, 11) is 0.